The lowest BCUT2D eigenvalue weighted by Crippen LogP contribution is -2.44. The number of hydrogen-bond acceptors (Lipinski definition) is 5. The number of nitrogens with one attached hydrogen (secondary N) is 2. The average molecular weight is 434 g/mol. The summed E-state index contributed by atoms with van der Waals surface area (Å²) >= 11 is 0. The molecule has 0 fully saturated rings. The van der Waals surface area contributed by atoms with E-state index in [1.165, 1.54) is 6.92 Å². The average Bonchev–Trinajstić information content (AvgIpc) is 2.77. The Morgan fingerprint density at radius 3 is 2.32 bits per heavy atom. The van der Waals surface area contributed by atoms with Crippen LogP contribution in [0.2, 0.25) is 0 Å². The van der Waals surface area contributed by atoms with Gasteiger partial charge in [-0.15, -0.1) is 0 Å². The Balaban J connectivity index is 2.60. The standard InChI is InChI=1S/C24H37N2O5/c1-5-6-7-9-12-17(2)22(31-24(29)19(4)25)18(3)23(28)26-15-21(27)30-16-20-13-10-8-11-14-20/h8,10-11,13-14,17-19,22,25H,5-7,9,12,15-16H2,1-4H3,(H,26,28)/t17-,18+,19-,22+/m0/s1. The second kappa shape index (κ2) is 14.6. The van der Waals surface area contributed by atoms with Crippen LogP contribution in [-0.2, 0) is 30.5 Å². The minimum Gasteiger partial charge on any atom is -0.460 e. The van der Waals surface area contributed by atoms with Crippen molar-refractivity contribution in [2.24, 2.45) is 11.8 Å². The van der Waals surface area contributed by atoms with Crippen LogP contribution in [0.25, 0.3) is 0 Å². The first-order valence-electron chi connectivity index (χ1n) is 11.1. The lowest BCUT2D eigenvalue weighted by Gasteiger charge is -2.29. The number of amides is 1. The van der Waals surface area contributed by atoms with Gasteiger partial charge in [-0.2, -0.15) is 0 Å². The molecule has 0 unspecified atom stereocenters. The first-order valence-corrected chi connectivity index (χ1v) is 11.1. The van der Waals surface area contributed by atoms with Gasteiger partial charge in [0, 0.05) is 0 Å². The predicted octanol–water partition coefficient (Wildman–Crippen LogP) is 3.67. The molecule has 1 radical (unpaired) electrons. The topological polar surface area (TPSA) is 106 Å². The van der Waals surface area contributed by atoms with Gasteiger partial charge in [-0.3, -0.25) is 14.4 Å². The third kappa shape index (κ3) is 10.4. The molecule has 0 aliphatic carbocycles. The summed E-state index contributed by atoms with van der Waals surface area (Å²) in [4.78, 5) is 36.6. The third-order valence-corrected chi connectivity index (χ3v) is 5.24. The van der Waals surface area contributed by atoms with Crippen molar-refractivity contribution in [3.05, 3.63) is 35.9 Å². The Bertz CT molecular complexity index is 678. The molecule has 0 aliphatic heterocycles. The maximum Gasteiger partial charge on any atom is 0.325 e. The molecule has 7 heteroatoms. The van der Waals surface area contributed by atoms with Crippen LogP contribution in [0.1, 0.15) is 65.4 Å². The molecule has 173 valence electrons. The number of esters is 2. The Kier molecular flexibility index (Phi) is 12.5. The van der Waals surface area contributed by atoms with E-state index in [1.54, 1.807) is 6.92 Å². The van der Waals surface area contributed by atoms with E-state index in [1.807, 2.05) is 37.3 Å². The van der Waals surface area contributed by atoms with Crippen LogP contribution >= 0.6 is 0 Å². The summed E-state index contributed by atoms with van der Waals surface area (Å²) in [5.74, 6) is -2.25. The molecule has 0 saturated carbocycles. The van der Waals surface area contributed by atoms with E-state index in [-0.39, 0.29) is 25.0 Å². The number of ether oxygens (including phenoxy) is 2. The minimum absolute atomic E-state index is 0.0367. The maximum absolute atomic E-state index is 12.6. The van der Waals surface area contributed by atoms with Crippen molar-refractivity contribution >= 4 is 17.8 Å². The molecule has 0 aromatic heterocycles. The summed E-state index contributed by atoms with van der Waals surface area (Å²) in [5, 5.41) is 2.58. The number of hydrogen-bond donors (Lipinski definition) is 1. The summed E-state index contributed by atoms with van der Waals surface area (Å²) < 4.78 is 10.7. The van der Waals surface area contributed by atoms with Crippen LogP contribution in [0, 0.1) is 11.8 Å². The zero-order valence-electron chi connectivity index (χ0n) is 19.2. The van der Waals surface area contributed by atoms with Crippen LogP contribution in [0.3, 0.4) is 0 Å². The van der Waals surface area contributed by atoms with Gasteiger partial charge in [-0.05, 0) is 24.8 Å². The molecule has 7 nitrogen and oxygen atoms in total. The second-order valence-corrected chi connectivity index (χ2v) is 8.10. The van der Waals surface area contributed by atoms with Gasteiger partial charge < -0.3 is 14.8 Å². The molecule has 2 N–H and O–H groups in total. The van der Waals surface area contributed by atoms with Gasteiger partial charge in [0.2, 0.25) is 5.91 Å². The predicted molar refractivity (Wildman–Crippen MR) is 119 cm³/mol. The lowest BCUT2D eigenvalue weighted by atomic mass is 9.88. The summed E-state index contributed by atoms with van der Waals surface area (Å²) in [7, 11) is 0. The smallest absolute Gasteiger partial charge is 0.325 e. The Morgan fingerprint density at radius 1 is 1.03 bits per heavy atom. The van der Waals surface area contributed by atoms with Crippen molar-refractivity contribution in [3.8, 4) is 0 Å². The van der Waals surface area contributed by atoms with E-state index in [0.717, 1.165) is 37.7 Å². The highest BCUT2D eigenvalue weighted by molar-refractivity contribution is 5.84. The molecular formula is C24H37N2O5. The fraction of sp³-hybridized carbons (Fsp3) is 0.625. The van der Waals surface area contributed by atoms with E-state index in [9.17, 15) is 14.4 Å². The Morgan fingerprint density at radius 2 is 1.71 bits per heavy atom. The van der Waals surface area contributed by atoms with Gasteiger partial charge in [0.15, 0.2) is 0 Å². The molecular weight excluding hydrogens is 396 g/mol. The molecule has 0 bridgehead atoms. The van der Waals surface area contributed by atoms with E-state index in [2.05, 4.69) is 12.2 Å². The van der Waals surface area contributed by atoms with Crippen molar-refractivity contribution in [1.82, 2.24) is 11.1 Å². The third-order valence-electron chi connectivity index (χ3n) is 5.24. The number of carbonyl (C=O) groups is 3. The van der Waals surface area contributed by atoms with Gasteiger partial charge in [-0.1, -0.05) is 76.8 Å². The van der Waals surface area contributed by atoms with Crippen LogP contribution in [-0.4, -0.2) is 36.5 Å². The zero-order valence-corrected chi connectivity index (χ0v) is 19.2. The fourth-order valence-corrected chi connectivity index (χ4v) is 3.26. The van der Waals surface area contributed by atoms with Crippen molar-refractivity contribution < 1.29 is 23.9 Å². The molecule has 0 saturated heterocycles. The van der Waals surface area contributed by atoms with Crippen molar-refractivity contribution in [3.63, 3.8) is 0 Å². The molecule has 0 heterocycles. The number of carbonyl (C=O) groups excluding carboxylic acids is 3. The van der Waals surface area contributed by atoms with Crippen molar-refractivity contribution in [2.45, 2.75) is 78.6 Å². The van der Waals surface area contributed by atoms with Crippen LogP contribution < -0.4 is 11.1 Å². The first-order chi connectivity index (χ1) is 14.8. The van der Waals surface area contributed by atoms with Crippen LogP contribution in [0.15, 0.2) is 30.3 Å². The summed E-state index contributed by atoms with van der Waals surface area (Å²) in [6.45, 7) is 7.10. The van der Waals surface area contributed by atoms with Gasteiger partial charge in [0.1, 0.15) is 25.3 Å². The Labute approximate surface area is 186 Å². The van der Waals surface area contributed by atoms with Gasteiger partial charge in [0.25, 0.3) is 0 Å². The van der Waals surface area contributed by atoms with E-state index < -0.39 is 30.0 Å². The quantitative estimate of drug-likeness (QED) is 0.356. The SMILES string of the molecule is CCCCCC[C@H](C)[C@@H](OC(=O)[C@H](C)[NH])[C@@H](C)C(=O)NCC(=O)OCc1ccccc1. The molecule has 1 rings (SSSR count). The Hall–Kier alpha value is -2.41. The fourth-order valence-electron chi connectivity index (χ4n) is 3.26. The number of unbranched alkanes of at least 4 members (excludes halogenated alkanes) is 3. The normalized spacial score (nSPS) is 14.7. The summed E-state index contributed by atoms with van der Waals surface area (Å²) in [6.07, 6.45) is 4.51. The van der Waals surface area contributed by atoms with Gasteiger partial charge >= 0.3 is 11.9 Å². The lowest BCUT2D eigenvalue weighted by molar-refractivity contribution is -0.159. The molecule has 0 aliphatic rings. The zero-order chi connectivity index (χ0) is 23.2. The highest BCUT2D eigenvalue weighted by Crippen LogP contribution is 2.23. The van der Waals surface area contributed by atoms with E-state index in [4.69, 9.17) is 15.2 Å². The highest BCUT2D eigenvalue weighted by Gasteiger charge is 2.33. The van der Waals surface area contributed by atoms with Crippen molar-refractivity contribution in [1.29, 1.82) is 0 Å². The monoisotopic (exact) mass is 433 g/mol. The number of rotatable bonds is 14. The van der Waals surface area contributed by atoms with Gasteiger partial charge in [-0.25, -0.2) is 5.73 Å². The highest BCUT2D eigenvalue weighted by atomic mass is 16.5. The van der Waals surface area contributed by atoms with Crippen molar-refractivity contribution in [2.75, 3.05) is 6.54 Å². The maximum atomic E-state index is 12.6. The van der Waals surface area contributed by atoms with Crippen LogP contribution in [0.5, 0.6) is 0 Å². The van der Waals surface area contributed by atoms with Gasteiger partial charge in [0.05, 0.1) is 5.92 Å². The van der Waals surface area contributed by atoms with Crippen LogP contribution in [0.4, 0.5) is 0 Å². The minimum atomic E-state index is -1.02. The number of benzene rings is 1. The molecule has 0 spiro atoms. The summed E-state index contributed by atoms with van der Waals surface area (Å²) in [5.41, 5.74) is 8.44. The molecule has 1 aromatic rings. The molecule has 31 heavy (non-hydrogen) atoms. The largest absolute Gasteiger partial charge is 0.460 e. The van der Waals surface area contributed by atoms with E-state index >= 15 is 0 Å². The first kappa shape index (κ1) is 26.6. The van der Waals surface area contributed by atoms with E-state index in [0.29, 0.717) is 0 Å². The molecule has 1 amide bonds. The summed E-state index contributed by atoms with van der Waals surface area (Å²) in [6, 6.07) is 8.27. The second-order valence-electron chi connectivity index (χ2n) is 8.10. The molecule has 1 aromatic carbocycles. The molecule has 4 atom stereocenters.